The average molecular weight is 671 g/mol. The van der Waals surface area contributed by atoms with Gasteiger partial charge in [-0.1, -0.05) is 0 Å². The van der Waals surface area contributed by atoms with Crippen molar-refractivity contribution >= 4 is 70.0 Å². The number of thiophene rings is 1. The molecule has 0 aliphatic heterocycles. The number of hydrazone groups is 1. The molecule has 0 unspecified atom stereocenters. The molecule has 19 heteroatoms. The van der Waals surface area contributed by atoms with E-state index in [1.165, 1.54) is 9.88 Å². The molecule has 18 nitrogen and oxygen atoms in total. The van der Waals surface area contributed by atoms with Gasteiger partial charge in [-0.2, -0.15) is 9.97 Å². The predicted molar refractivity (Wildman–Crippen MR) is 185 cm³/mol. The highest BCUT2D eigenvalue weighted by molar-refractivity contribution is 7.16. The van der Waals surface area contributed by atoms with Crippen molar-refractivity contribution < 1.29 is 19.5 Å². The number of amides is 1. The maximum absolute atomic E-state index is 10.6. The van der Waals surface area contributed by atoms with E-state index in [-0.39, 0.29) is 24.1 Å². The first-order chi connectivity index (χ1) is 22.5. The highest BCUT2D eigenvalue weighted by Crippen LogP contribution is 2.25. The zero-order chi connectivity index (χ0) is 35.2. The SMILES string of the molecule is CNCCCCNC=O.Cc1ccc(N(C)Cc2cnc3nc(N)nc(N)c3n2)s1.NN/N=C(\N)c1cc(N)ccc1C=O.O=CO. The van der Waals surface area contributed by atoms with Crippen molar-refractivity contribution in [3.05, 3.63) is 58.2 Å². The third-order valence-corrected chi connectivity index (χ3v) is 6.86. The van der Waals surface area contributed by atoms with Gasteiger partial charge in [0.05, 0.1) is 23.4 Å². The number of nitrogens with two attached hydrogens (primary N) is 5. The van der Waals surface area contributed by atoms with E-state index in [4.69, 9.17) is 38.7 Å². The molecule has 254 valence electrons. The molecule has 1 amide bonds. The first-order valence-electron chi connectivity index (χ1n) is 13.9. The second-order valence-electron chi connectivity index (χ2n) is 9.32. The number of aryl methyl sites for hydroxylation is 1. The lowest BCUT2D eigenvalue weighted by atomic mass is 10.1. The van der Waals surface area contributed by atoms with Gasteiger partial charge in [0.2, 0.25) is 12.4 Å². The molecule has 1 aromatic carbocycles. The number of nitrogens with one attached hydrogen (secondary N) is 3. The Morgan fingerprint density at radius 3 is 2.36 bits per heavy atom. The number of carboxylic acid groups (broad SMARTS) is 1. The first kappa shape index (κ1) is 39.4. The molecular weight excluding hydrogens is 628 g/mol. The number of hydrogen-bond acceptors (Lipinski definition) is 16. The minimum Gasteiger partial charge on any atom is -0.483 e. The largest absolute Gasteiger partial charge is 0.483 e. The summed E-state index contributed by atoms with van der Waals surface area (Å²) in [6.45, 7) is 4.29. The molecule has 0 aliphatic rings. The average Bonchev–Trinajstić information content (AvgIpc) is 3.49. The lowest BCUT2D eigenvalue weighted by Gasteiger charge is -2.16. The number of aldehydes is 1. The van der Waals surface area contributed by atoms with Gasteiger partial charge < -0.3 is 43.6 Å². The highest BCUT2D eigenvalue weighted by Gasteiger charge is 2.10. The lowest BCUT2D eigenvalue weighted by Crippen LogP contribution is -2.24. The summed E-state index contributed by atoms with van der Waals surface area (Å²) in [4.78, 5) is 48.8. The zero-order valence-corrected chi connectivity index (χ0v) is 27.2. The third-order valence-electron chi connectivity index (χ3n) is 5.75. The summed E-state index contributed by atoms with van der Waals surface area (Å²) in [5.41, 5.74) is 27.6. The van der Waals surface area contributed by atoms with Crippen molar-refractivity contribution in [2.45, 2.75) is 26.3 Å². The van der Waals surface area contributed by atoms with Crippen molar-refractivity contribution in [3.8, 4) is 0 Å². The number of anilines is 4. The maximum atomic E-state index is 10.6. The van der Waals surface area contributed by atoms with Gasteiger partial charge in [0.1, 0.15) is 0 Å². The number of hydrogen-bond donors (Lipinski definition) is 9. The first-order valence-corrected chi connectivity index (χ1v) is 14.7. The van der Waals surface area contributed by atoms with Gasteiger partial charge in [0.25, 0.3) is 6.47 Å². The van der Waals surface area contributed by atoms with Crippen LogP contribution in [0.2, 0.25) is 0 Å². The van der Waals surface area contributed by atoms with Gasteiger partial charge in [-0.05, 0) is 63.7 Å². The normalized spacial score (nSPS) is 10.2. The van der Waals surface area contributed by atoms with Crippen LogP contribution in [0.15, 0.2) is 41.6 Å². The minimum atomic E-state index is -0.250. The third kappa shape index (κ3) is 14.3. The van der Waals surface area contributed by atoms with E-state index in [2.05, 4.69) is 59.6 Å². The molecule has 3 aromatic heterocycles. The van der Waals surface area contributed by atoms with Crippen molar-refractivity contribution in [2.75, 3.05) is 49.3 Å². The summed E-state index contributed by atoms with van der Waals surface area (Å²) in [6, 6.07) is 8.91. The molecule has 0 radical (unpaired) electrons. The Bertz CT molecular complexity index is 1580. The molecule has 0 bridgehead atoms. The van der Waals surface area contributed by atoms with Crippen LogP contribution in [0, 0.1) is 6.92 Å². The van der Waals surface area contributed by atoms with Crippen LogP contribution in [0.3, 0.4) is 0 Å². The summed E-state index contributed by atoms with van der Waals surface area (Å²) in [5.74, 6) is 5.43. The molecule has 0 spiro atoms. The molecule has 14 N–H and O–H groups in total. The minimum absolute atomic E-state index is 0.105. The Morgan fingerprint density at radius 2 is 1.77 bits per heavy atom. The quantitative estimate of drug-likeness (QED) is 0.0185. The van der Waals surface area contributed by atoms with Crippen LogP contribution in [0.5, 0.6) is 0 Å². The number of nitrogen functional groups attached to an aromatic ring is 3. The van der Waals surface area contributed by atoms with Crippen LogP contribution in [0.4, 0.5) is 22.5 Å². The Hall–Kier alpha value is -5.66. The van der Waals surface area contributed by atoms with Gasteiger partial charge >= 0.3 is 0 Å². The number of benzene rings is 1. The number of aromatic nitrogens is 4. The highest BCUT2D eigenvalue weighted by atomic mass is 32.1. The van der Waals surface area contributed by atoms with E-state index in [1.807, 2.05) is 19.6 Å². The summed E-state index contributed by atoms with van der Waals surface area (Å²) < 4.78 is 0. The summed E-state index contributed by atoms with van der Waals surface area (Å²) in [5, 5.41) is 17.2. The Balaban J connectivity index is 0.000000368. The smallest absolute Gasteiger partial charge is 0.290 e. The molecule has 0 saturated carbocycles. The molecule has 47 heavy (non-hydrogen) atoms. The van der Waals surface area contributed by atoms with Crippen LogP contribution in [0.1, 0.15) is 39.3 Å². The topological polar surface area (TPSA) is 305 Å². The van der Waals surface area contributed by atoms with E-state index < -0.39 is 0 Å². The van der Waals surface area contributed by atoms with Gasteiger partial charge in [-0.3, -0.25) is 14.4 Å². The number of carbonyl (C=O) groups is 3. The molecule has 0 fully saturated rings. The van der Waals surface area contributed by atoms with Crippen LogP contribution in [-0.2, 0) is 16.1 Å². The van der Waals surface area contributed by atoms with Crippen LogP contribution < -0.4 is 49.8 Å². The van der Waals surface area contributed by atoms with Crippen molar-refractivity contribution in [1.82, 2.24) is 36.1 Å². The molecular formula is C28H42N14O4S. The number of nitrogens with zero attached hydrogens (tertiary/aromatic N) is 6. The summed E-state index contributed by atoms with van der Waals surface area (Å²) in [6.07, 6.45) is 5.27. The van der Waals surface area contributed by atoms with E-state index >= 15 is 0 Å². The predicted octanol–water partition coefficient (Wildman–Crippen LogP) is 0.188. The van der Waals surface area contributed by atoms with Crippen LogP contribution in [-0.4, -0.2) is 77.2 Å². The van der Waals surface area contributed by atoms with Gasteiger partial charge in [0.15, 0.2) is 29.1 Å². The second-order valence-corrected chi connectivity index (χ2v) is 10.6. The number of amidine groups is 1. The van der Waals surface area contributed by atoms with Crippen molar-refractivity contribution in [1.29, 1.82) is 0 Å². The number of unbranched alkanes of at least 4 members (excludes halogenated alkanes) is 1. The fourth-order valence-electron chi connectivity index (χ4n) is 3.62. The monoisotopic (exact) mass is 670 g/mol. The van der Waals surface area contributed by atoms with E-state index in [9.17, 15) is 9.59 Å². The second kappa shape index (κ2) is 21.9. The van der Waals surface area contributed by atoms with Crippen molar-refractivity contribution in [3.63, 3.8) is 0 Å². The number of rotatable bonds is 12. The molecule has 0 saturated heterocycles. The maximum Gasteiger partial charge on any atom is 0.290 e. The fraction of sp³-hybridized carbons (Fsp3) is 0.286. The van der Waals surface area contributed by atoms with Gasteiger partial charge in [0, 0.05) is 35.3 Å². The zero-order valence-electron chi connectivity index (χ0n) is 26.4. The lowest BCUT2D eigenvalue weighted by molar-refractivity contribution is -0.122. The van der Waals surface area contributed by atoms with Crippen LogP contribution >= 0.6 is 11.3 Å². The fourth-order valence-corrected chi connectivity index (χ4v) is 4.45. The summed E-state index contributed by atoms with van der Waals surface area (Å²) in [7, 11) is 3.94. The number of carbonyl (C=O) groups excluding carboxylic acids is 2. The molecule has 3 heterocycles. The Morgan fingerprint density at radius 1 is 1.06 bits per heavy atom. The number of hydrazine groups is 1. The van der Waals surface area contributed by atoms with E-state index in [1.54, 1.807) is 35.7 Å². The molecule has 0 atom stereocenters. The van der Waals surface area contributed by atoms with Gasteiger partial charge in [-0.15, -0.1) is 16.4 Å². The number of fused-ring (bicyclic) bond motifs is 1. The van der Waals surface area contributed by atoms with Crippen molar-refractivity contribution in [2.24, 2.45) is 16.7 Å². The molecule has 4 aromatic rings. The standard InChI is InChI=1S/C13H15N7S.C8H11N5O.C6H14N2O.CH2O2/c1-7-3-4-9(21-7)20(2)6-8-5-16-12-10(17-8)11(14)18-13(15)19-12;9-6-2-1-5(4-14)7(3-6)8(10)12-13-11;1-7-4-2-3-5-8-6-9;2-1-3/h3-5H,6H2,1-2H3,(H4,14,15,16,18,19);1-4,13H,9,11H2,(H2,10,12);6-7H,2-5H2,1H3,(H,8,9);1H,(H,2,3). The van der Waals surface area contributed by atoms with E-state index in [0.717, 1.165) is 38.0 Å². The van der Waals surface area contributed by atoms with E-state index in [0.29, 0.717) is 40.8 Å². The Labute approximate surface area is 275 Å². The molecule has 4 rings (SSSR count). The Kier molecular flexibility index (Phi) is 18.4. The summed E-state index contributed by atoms with van der Waals surface area (Å²) >= 11 is 1.74. The molecule has 0 aliphatic carbocycles. The van der Waals surface area contributed by atoms with Crippen LogP contribution in [0.25, 0.3) is 11.2 Å². The van der Waals surface area contributed by atoms with Gasteiger partial charge in [-0.25, -0.2) is 21.3 Å².